The number of Topliss-reactive ketones (excluding diaryl/α,β-unsaturated/α-hetero) is 1. The van der Waals surface area contributed by atoms with Crippen LogP contribution in [0.2, 0.25) is 5.28 Å². The minimum Gasteiger partial charge on any atom is -0.365 e. The van der Waals surface area contributed by atoms with E-state index in [4.69, 9.17) is 0 Å². The monoisotopic (exact) mass is 485 g/mol. The molecule has 1 aliphatic carbocycles. The van der Waals surface area contributed by atoms with E-state index in [0.717, 1.165) is 45.2 Å². The van der Waals surface area contributed by atoms with Crippen molar-refractivity contribution in [1.82, 2.24) is 14.7 Å². The third kappa shape index (κ3) is 8.76. The maximum absolute atomic E-state index is 12.4. The first-order valence-electron chi connectivity index (χ1n) is 14.4. The van der Waals surface area contributed by atoms with Crippen molar-refractivity contribution in [1.29, 1.82) is 0 Å². The summed E-state index contributed by atoms with van der Waals surface area (Å²) < 4.78 is 0. The zero-order valence-electron chi connectivity index (χ0n) is 22.2. The molecule has 0 aromatic rings. The van der Waals surface area contributed by atoms with Crippen LogP contribution in [0.3, 0.4) is 0 Å². The van der Waals surface area contributed by atoms with Crippen molar-refractivity contribution in [3.8, 4) is 0 Å². The van der Waals surface area contributed by atoms with Crippen molar-refractivity contribution in [3.63, 3.8) is 0 Å². The molecule has 4 aliphatic rings. The molecule has 3 aliphatic heterocycles. The number of ketones is 2. The summed E-state index contributed by atoms with van der Waals surface area (Å²) in [6.45, 7) is 10.0. The molecule has 0 aromatic carbocycles. The first-order valence-corrected chi connectivity index (χ1v) is 15.8. The molecule has 3 heterocycles. The molecule has 0 radical (unpaired) electrons. The molecule has 3 saturated heterocycles. The van der Waals surface area contributed by atoms with Crippen LogP contribution < -0.4 is 0 Å². The summed E-state index contributed by atoms with van der Waals surface area (Å²) in [5.74, 6) is 1.14. The van der Waals surface area contributed by atoms with Crippen LogP contribution in [0.5, 0.6) is 0 Å². The molecule has 0 saturated carbocycles. The van der Waals surface area contributed by atoms with Crippen molar-refractivity contribution in [2.45, 2.75) is 96.2 Å². The largest absolute Gasteiger partial charge is 0.365 e. The van der Waals surface area contributed by atoms with E-state index in [-0.39, 0.29) is 11.6 Å². The fourth-order valence-corrected chi connectivity index (χ4v) is 5.72. The first kappa shape index (κ1) is 27.3. The van der Waals surface area contributed by atoms with Crippen LogP contribution in [0.15, 0.2) is 23.2 Å². The Morgan fingerprint density at radius 2 is 1.18 bits per heavy atom. The number of carbonyl (C=O) groups excluding carboxylic acids is 2. The standard InChI is InChI=1S/C16H33.C12H13N3O2.Al.2H/c1-4-6-8-10-11-13-15-16(3)14-12-9-7-5-2;16-9-7-8(13-1-2-13)12(17)11(15-5-6-15)10(9)14-3-4-14;;;/h16H,3-15H2,1-2H3;7H,1-6H2;;;. The molecule has 4 rings (SSSR count). The van der Waals surface area contributed by atoms with Crippen LogP contribution in [0.4, 0.5) is 0 Å². The highest BCUT2D eigenvalue weighted by Crippen LogP contribution is 2.34. The van der Waals surface area contributed by atoms with Crippen LogP contribution >= 0.6 is 0 Å². The predicted molar refractivity (Wildman–Crippen MR) is 143 cm³/mol. The minimum atomic E-state index is 0.00546. The molecule has 34 heavy (non-hydrogen) atoms. The van der Waals surface area contributed by atoms with Gasteiger partial charge in [0.2, 0.25) is 27.9 Å². The van der Waals surface area contributed by atoms with Crippen LogP contribution in [0, 0.1) is 5.92 Å². The molecule has 0 bridgehead atoms. The summed E-state index contributed by atoms with van der Waals surface area (Å²) in [6, 6.07) is 0. The second kappa shape index (κ2) is 14.3. The Labute approximate surface area is 216 Å². The second-order valence-corrected chi connectivity index (χ2v) is 11.4. The summed E-state index contributed by atoms with van der Waals surface area (Å²) in [6.07, 6.45) is 19.2. The van der Waals surface area contributed by atoms with Crippen LogP contribution in [0.1, 0.15) is 90.9 Å². The highest BCUT2D eigenvalue weighted by molar-refractivity contribution is 6.22. The lowest BCUT2D eigenvalue weighted by Gasteiger charge is -2.21. The maximum atomic E-state index is 12.4. The summed E-state index contributed by atoms with van der Waals surface area (Å²) in [5.41, 5.74) is 1.89. The van der Waals surface area contributed by atoms with Crippen molar-refractivity contribution in [2.24, 2.45) is 5.92 Å². The van der Waals surface area contributed by atoms with E-state index in [1.165, 1.54) is 99.4 Å². The van der Waals surface area contributed by atoms with E-state index in [2.05, 4.69) is 13.8 Å². The highest BCUT2D eigenvalue weighted by atomic mass is 27.0. The van der Waals surface area contributed by atoms with Crippen LogP contribution in [-0.4, -0.2) is 81.8 Å². The summed E-state index contributed by atoms with van der Waals surface area (Å²) >= 11 is 1.41. The third-order valence-corrected chi connectivity index (χ3v) is 8.65. The molecule has 190 valence electrons. The van der Waals surface area contributed by atoms with Gasteiger partial charge < -0.3 is 14.7 Å². The van der Waals surface area contributed by atoms with Gasteiger partial charge in [0.25, 0.3) is 0 Å². The average Bonchev–Trinajstić information content (AvgIpc) is 3.68. The lowest BCUT2D eigenvalue weighted by molar-refractivity contribution is -0.117. The molecular formula is C28H48AlN3O2. The smallest absolute Gasteiger partial charge is 0.227 e. The number of rotatable bonds is 16. The molecule has 1 unspecified atom stereocenters. The molecule has 0 aromatic heterocycles. The van der Waals surface area contributed by atoms with Crippen molar-refractivity contribution >= 4 is 27.9 Å². The Bertz CT molecular complexity index is 736. The Morgan fingerprint density at radius 3 is 1.68 bits per heavy atom. The molecular weight excluding hydrogens is 437 g/mol. The van der Waals surface area contributed by atoms with Gasteiger partial charge in [-0.15, -0.1) is 0 Å². The van der Waals surface area contributed by atoms with Crippen LogP contribution in [0.25, 0.3) is 0 Å². The lowest BCUT2D eigenvalue weighted by atomic mass is 9.96. The molecule has 0 spiro atoms. The average molecular weight is 486 g/mol. The van der Waals surface area contributed by atoms with E-state index in [1.807, 2.05) is 14.7 Å². The number of carbonyl (C=O) groups is 2. The maximum Gasteiger partial charge on any atom is 0.227 e. The van der Waals surface area contributed by atoms with Gasteiger partial charge in [-0.05, 0) is 0 Å². The molecule has 1 atom stereocenters. The Hall–Kier alpha value is -1.25. The van der Waals surface area contributed by atoms with Crippen molar-refractivity contribution < 1.29 is 9.59 Å². The van der Waals surface area contributed by atoms with Crippen molar-refractivity contribution in [3.05, 3.63) is 23.2 Å². The van der Waals surface area contributed by atoms with Gasteiger partial charge in [-0.3, -0.25) is 9.59 Å². The molecule has 0 N–H and O–H groups in total. The Balaban J connectivity index is 0.000000191. The Kier molecular flexibility index (Phi) is 11.5. The lowest BCUT2D eigenvalue weighted by Crippen LogP contribution is -2.29. The van der Waals surface area contributed by atoms with Gasteiger partial charge in [0, 0.05) is 45.3 Å². The number of allylic oxidation sites excluding steroid dienone is 1. The molecule has 6 heteroatoms. The first-order chi connectivity index (χ1) is 16.6. The SMILES string of the molecule is CCCCCCCCC([CH2][AlH2])CCCCCC.O=C1C=C(N2CC2)C(=O)C(N2CC2)=C1N1CC1. The number of nitrogens with zero attached hydrogens (tertiary/aromatic N) is 3. The normalized spacial score (nSPS) is 19.7. The van der Waals surface area contributed by atoms with Gasteiger partial charge in [0.15, 0.2) is 0 Å². The zero-order chi connectivity index (χ0) is 24.3. The quantitative estimate of drug-likeness (QED) is 0.139. The van der Waals surface area contributed by atoms with Gasteiger partial charge in [-0.25, -0.2) is 0 Å². The summed E-state index contributed by atoms with van der Waals surface area (Å²) in [4.78, 5) is 30.5. The summed E-state index contributed by atoms with van der Waals surface area (Å²) in [7, 11) is 0. The summed E-state index contributed by atoms with van der Waals surface area (Å²) in [5, 5.41) is 1.54. The second-order valence-electron chi connectivity index (χ2n) is 10.6. The number of hydrogen-bond donors (Lipinski definition) is 0. The number of unbranched alkanes of at least 4 members (excludes halogenated alkanes) is 8. The molecule has 0 amide bonds. The Morgan fingerprint density at radius 1 is 0.706 bits per heavy atom. The molecule has 5 nitrogen and oxygen atoms in total. The van der Waals surface area contributed by atoms with E-state index in [9.17, 15) is 9.59 Å². The van der Waals surface area contributed by atoms with Crippen LogP contribution in [-0.2, 0) is 9.59 Å². The van der Waals surface area contributed by atoms with Gasteiger partial charge in [-0.2, -0.15) is 0 Å². The van der Waals surface area contributed by atoms with E-state index < -0.39 is 0 Å². The number of hydrogen-bond acceptors (Lipinski definition) is 5. The predicted octanol–water partition coefficient (Wildman–Crippen LogP) is 4.56. The van der Waals surface area contributed by atoms with Gasteiger partial charge >= 0.3 is 0 Å². The van der Waals surface area contributed by atoms with E-state index >= 15 is 0 Å². The highest BCUT2D eigenvalue weighted by Gasteiger charge is 2.43. The fourth-order valence-electron chi connectivity index (χ4n) is 4.90. The van der Waals surface area contributed by atoms with E-state index in [0.29, 0.717) is 17.1 Å². The van der Waals surface area contributed by atoms with Gasteiger partial charge in [0.1, 0.15) is 11.4 Å². The molecule has 3 fully saturated rings. The van der Waals surface area contributed by atoms with Gasteiger partial charge in [0.05, 0.1) is 5.70 Å². The minimum absolute atomic E-state index is 0.00546. The van der Waals surface area contributed by atoms with Gasteiger partial charge in [-0.1, -0.05) is 102 Å². The van der Waals surface area contributed by atoms with E-state index in [1.54, 1.807) is 5.28 Å². The fraction of sp³-hybridized carbons (Fsp3) is 0.786. The van der Waals surface area contributed by atoms with Crippen molar-refractivity contribution in [2.75, 3.05) is 39.3 Å². The topological polar surface area (TPSA) is 43.2 Å². The zero-order valence-corrected chi connectivity index (χ0v) is 24.2. The third-order valence-electron chi connectivity index (χ3n) is 7.50.